The van der Waals surface area contributed by atoms with Crippen LogP contribution in [-0.2, 0) is 33.5 Å². The Morgan fingerprint density at radius 1 is 1.08 bits per heavy atom. The number of benzene rings is 3. The Morgan fingerprint density at radius 3 is 2.59 bits per heavy atom. The Labute approximate surface area is 286 Å². The van der Waals surface area contributed by atoms with E-state index in [0.29, 0.717) is 29.5 Å². The van der Waals surface area contributed by atoms with Crippen molar-refractivity contribution in [1.29, 1.82) is 0 Å². The lowest BCUT2D eigenvalue weighted by molar-refractivity contribution is -0.175. The summed E-state index contributed by atoms with van der Waals surface area (Å²) in [5.74, 6) is 2.39. The summed E-state index contributed by atoms with van der Waals surface area (Å²) in [5, 5.41) is 20.7. The van der Waals surface area contributed by atoms with Crippen molar-refractivity contribution in [1.82, 2.24) is 20.4 Å². The molecule has 1 amide bonds. The summed E-state index contributed by atoms with van der Waals surface area (Å²) in [4.78, 5) is 21.9. The van der Waals surface area contributed by atoms with Gasteiger partial charge in [0.05, 0.1) is 16.6 Å². The maximum atomic E-state index is 14.7. The second-order valence-corrected chi connectivity index (χ2v) is 15.2. The third-order valence-corrected chi connectivity index (χ3v) is 11.6. The van der Waals surface area contributed by atoms with Crippen LogP contribution in [0, 0.1) is 12.8 Å². The van der Waals surface area contributed by atoms with E-state index in [1.807, 2.05) is 74.5 Å². The summed E-state index contributed by atoms with van der Waals surface area (Å²) in [6, 6.07) is 23.8. The van der Waals surface area contributed by atoms with Crippen LogP contribution in [0.25, 0.3) is 11.4 Å². The first-order valence-corrected chi connectivity index (χ1v) is 17.6. The molecular formula is C40H42N4O5. The van der Waals surface area contributed by atoms with Crippen LogP contribution in [0.5, 0.6) is 5.75 Å². The third-order valence-electron chi connectivity index (χ3n) is 11.6. The maximum absolute atomic E-state index is 14.7. The van der Waals surface area contributed by atoms with Gasteiger partial charge in [0, 0.05) is 30.1 Å². The van der Waals surface area contributed by atoms with E-state index in [1.165, 1.54) is 18.4 Å². The molecule has 3 heterocycles. The van der Waals surface area contributed by atoms with E-state index >= 15 is 0 Å². The van der Waals surface area contributed by atoms with Crippen LogP contribution in [0.4, 0.5) is 0 Å². The summed E-state index contributed by atoms with van der Waals surface area (Å²) in [5.41, 5.74) is 2.61. The zero-order valence-corrected chi connectivity index (χ0v) is 28.2. The highest BCUT2D eigenvalue weighted by molar-refractivity contribution is 5.95. The van der Waals surface area contributed by atoms with Gasteiger partial charge >= 0.3 is 0 Å². The van der Waals surface area contributed by atoms with Crippen LogP contribution >= 0.6 is 0 Å². The summed E-state index contributed by atoms with van der Waals surface area (Å²) in [6.45, 7) is 7.88. The molecule has 252 valence electrons. The van der Waals surface area contributed by atoms with Gasteiger partial charge in [-0.1, -0.05) is 78.0 Å². The number of aryl methyl sites for hydroxylation is 1. The number of aromatic nitrogens is 2. The minimum atomic E-state index is -1.24. The molecular weight excluding hydrogens is 616 g/mol. The molecule has 2 N–H and O–H groups in total. The SMILES string of the molecule is Cc1ccc2c3c1O[C@H]1C(OCc4ccccc4)=C(C(=O)NC(C)(C)c4nc(-c5ccccc5)no4)C[C@@]4(O)[C@@H](C2)N(CC2CC2)CC[C@]314. The van der Waals surface area contributed by atoms with Crippen LogP contribution in [0.1, 0.15) is 67.7 Å². The molecule has 2 bridgehead atoms. The molecule has 1 spiro atoms. The van der Waals surface area contributed by atoms with Gasteiger partial charge in [0.25, 0.3) is 11.8 Å². The number of carbonyl (C=O) groups is 1. The molecule has 49 heavy (non-hydrogen) atoms. The molecule has 1 saturated carbocycles. The first kappa shape index (κ1) is 30.6. The van der Waals surface area contributed by atoms with Crippen molar-refractivity contribution in [3.05, 3.63) is 112 Å². The molecule has 1 saturated heterocycles. The molecule has 3 aromatic carbocycles. The molecule has 1 aromatic heterocycles. The predicted molar refractivity (Wildman–Crippen MR) is 182 cm³/mol. The molecule has 9 heteroatoms. The Balaban J connectivity index is 1.14. The number of nitrogens with one attached hydrogen (secondary N) is 1. The van der Waals surface area contributed by atoms with Crippen molar-refractivity contribution < 1.29 is 23.9 Å². The lowest BCUT2D eigenvalue weighted by Crippen LogP contribution is -2.76. The first-order valence-electron chi connectivity index (χ1n) is 17.6. The normalized spacial score (nSPS) is 27.0. The standard InChI is InChI=1S/C40H42N4O5/c1-24-14-17-28-20-30-40(46)21-29(36(45)42-38(2,3)37-41-35(43-49-37)27-12-8-5-9-13-27)33(47-23-26-10-6-4-7-11-26)34-39(40,31(28)32(24)48-34)18-19-44(30)22-25-15-16-25/h4-14,17,25,30,34,46H,15-16,18-23H2,1-3H3,(H,42,45)/t30-,34+,39+,40-/m1/s1. The fourth-order valence-electron chi connectivity index (χ4n) is 8.99. The van der Waals surface area contributed by atoms with Crippen molar-refractivity contribution in [3.8, 4) is 17.1 Å². The molecule has 0 unspecified atom stereocenters. The Hall–Kier alpha value is -4.47. The van der Waals surface area contributed by atoms with E-state index in [-0.39, 0.29) is 30.9 Å². The van der Waals surface area contributed by atoms with Gasteiger partial charge in [0.2, 0.25) is 5.82 Å². The molecule has 4 atom stereocenters. The van der Waals surface area contributed by atoms with Crippen LogP contribution in [0.3, 0.4) is 0 Å². The predicted octanol–water partition coefficient (Wildman–Crippen LogP) is 5.74. The highest BCUT2D eigenvalue weighted by Crippen LogP contribution is 2.65. The van der Waals surface area contributed by atoms with Gasteiger partial charge in [-0.05, 0) is 75.6 Å². The Bertz CT molecular complexity index is 1970. The number of carbonyl (C=O) groups excluding carboxylic acids is 1. The quantitative estimate of drug-likeness (QED) is 0.234. The largest absolute Gasteiger partial charge is 0.489 e. The van der Waals surface area contributed by atoms with Crippen LogP contribution in [0.15, 0.2) is 88.7 Å². The van der Waals surface area contributed by atoms with Gasteiger partial charge in [-0.3, -0.25) is 9.69 Å². The van der Waals surface area contributed by atoms with Crippen LogP contribution in [0.2, 0.25) is 0 Å². The number of ether oxygens (including phenoxy) is 2. The number of rotatable bonds is 9. The van der Waals surface area contributed by atoms with E-state index in [1.54, 1.807) is 0 Å². The smallest absolute Gasteiger partial charge is 0.252 e. The number of hydrogen-bond acceptors (Lipinski definition) is 8. The average Bonchev–Trinajstić information content (AvgIpc) is 3.62. The molecule has 2 aliphatic heterocycles. The van der Waals surface area contributed by atoms with Gasteiger partial charge in [0.15, 0.2) is 6.10 Å². The Morgan fingerprint density at radius 2 is 1.84 bits per heavy atom. The van der Waals surface area contributed by atoms with Gasteiger partial charge in [-0.2, -0.15) is 4.98 Å². The molecule has 9 rings (SSSR count). The number of hydrogen-bond donors (Lipinski definition) is 2. The number of likely N-dealkylation sites (tertiary alicyclic amines) is 1. The van der Waals surface area contributed by atoms with Gasteiger partial charge < -0.3 is 24.4 Å². The Kier molecular flexibility index (Phi) is 6.88. The molecule has 9 nitrogen and oxygen atoms in total. The molecule has 2 fully saturated rings. The minimum Gasteiger partial charge on any atom is -0.489 e. The van der Waals surface area contributed by atoms with E-state index in [4.69, 9.17) is 14.0 Å². The highest BCUT2D eigenvalue weighted by Gasteiger charge is 2.73. The minimum absolute atomic E-state index is 0.148. The topological polar surface area (TPSA) is 110 Å². The van der Waals surface area contributed by atoms with Crippen molar-refractivity contribution in [2.24, 2.45) is 5.92 Å². The van der Waals surface area contributed by atoms with E-state index in [9.17, 15) is 9.90 Å². The third kappa shape index (κ3) is 4.69. The van der Waals surface area contributed by atoms with Crippen molar-refractivity contribution in [2.75, 3.05) is 13.1 Å². The zero-order chi connectivity index (χ0) is 33.5. The van der Waals surface area contributed by atoms with E-state index in [0.717, 1.165) is 47.5 Å². The zero-order valence-electron chi connectivity index (χ0n) is 28.2. The molecule has 0 radical (unpaired) electrons. The first-order chi connectivity index (χ1) is 23.7. The van der Waals surface area contributed by atoms with Crippen LogP contribution in [-0.4, -0.2) is 56.9 Å². The number of amides is 1. The van der Waals surface area contributed by atoms with E-state index in [2.05, 4.69) is 39.4 Å². The number of piperidine rings is 1. The summed E-state index contributed by atoms with van der Waals surface area (Å²) in [6.07, 6.45) is 3.42. The van der Waals surface area contributed by atoms with Crippen molar-refractivity contribution >= 4 is 5.91 Å². The van der Waals surface area contributed by atoms with Gasteiger partial charge in [-0.15, -0.1) is 0 Å². The lowest BCUT2D eigenvalue weighted by Gasteiger charge is -2.63. The second-order valence-electron chi connectivity index (χ2n) is 15.2. The van der Waals surface area contributed by atoms with Crippen molar-refractivity contribution in [2.45, 2.75) is 88.2 Å². The fourth-order valence-corrected chi connectivity index (χ4v) is 8.99. The summed E-state index contributed by atoms with van der Waals surface area (Å²) in [7, 11) is 0. The number of nitrogens with zero attached hydrogens (tertiary/aromatic N) is 3. The molecule has 3 aliphatic carbocycles. The second kappa shape index (κ2) is 11.0. The monoisotopic (exact) mass is 658 g/mol. The highest BCUT2D eigenvalue weighted by atomic mass is 16.5. The van der Waals surface area contributed by atoms with Gasteiger partial charge in [0.1, 0.15) is 23.7 Å². The molecule has 4 aromatic rings. The lowest BCUT2D eigenvalue weighted by atomic mass is 9.49. The van der Waals surface area contributed by atoms with Crippen molar-refractivity contribution in [3.63, 3.8) is 0 Å². The van der Waals surface area contributed by atoms with Gasteiger partial charge in [-0.25, -0.2) is 0 Å². The summed E-state index contributed by atoms with van der Waals surface area (Å²) < 4.78 is 19.4. The average molecular weight is 659 g/mol. The maximum Gasteiger partial charge on any atom is 0.252 e. The molecule has 5 aliphatic rings. The fraction of sp³-hybridized carbons (Fsp3) is 0.425. The number of aliphatic hydroxyl groups is 1. The van der Waals surface area contributed by atoms with E-state index < -0.39 is 22.7 Å². The van der Waals surface area contributed by atoms with Crippen LogP contribution < -0.4 is 10.1 Å². The summed E-state index contributed by atoms with van der Waals surface area (Å²) >= 11 is 0.